The summed E-state index contributed by atoms with van der Waals surface area (Å²) >= 11 is 0. The van der Waals surface area contributed by atoms with Gasteiger partial charge in [-0.05, 0) is 24.3 Å². The van der Waals surface area contributed by atoms with E-state index in [9.17, 15) is 9.59 Å². The first-order chi connectivity index (χ1) is 7.67. The summed E-state index contributed by atoms with van der Waals surface area (Å²) in [4.78, 5) is 22.3. The number of methoxy groups -OCH3 is 1. The zero-order valence-corrected chi connectivity index (χ0v) is 9.15. The molecule has 0 heterocycles. The summed E-state index contributed by atoms with van der Waals surface area (Å²) < 4.78 is 9.59. The zero-order chi connectivity index (χ0) is 12.0. The third-order valence-corrected chi connectivity index (χ3v) is 1.95. The van der Waals surface area contributed by atoms with Crippen LogP contribution in [0.1, 0.15) is 10.4 Å². The minimum atomic E-state index is -0.623. The number of Topliss-reactive ketones (excluding diaryl/α,β-unsaturated/α-hetero) is 1. The van der Waals surface area contributed by atoms with Crippen LogP contribution in [0.25, 0.3) is 0 Å². The first-order valence-corrected chi connectivity index (χ1v) is 4.69. The van der Waals surface area contributed by atoms with Crippen LogP contribution in [-0.4, -0.2) is 32.6 Å². The minimum Gasteiger partial charge on any atom is -0.497 e. The summed E-state index contributed by atoms with van der Waals surface area (Å²) in [7, 11) is 2.98. The fourth-order valence-electron chi connectivity index (χ4n) is 1.06. The monoisotopic (exact) mass is 223 g/mol. The lowest BCUT2D eigenvalue weighted by molar-refractivity contribution is 0.0847. The number of ether oxygens (including phenoxy) is 2. The van der Waals surface area contributed by atoms with Crippen molar-refractivity contribution in [2.45, 2.75) is 0 Å². The Balaban J connectivity index is 2.56. The highest BCUT2D eigenvalue weighted by Crippen LogP contribution is 2.11. The number of ketones is 1. The molecule has 0 saturated carbocycles. The van der Waals surface area contributed by atoms with E-state index in [1.807, 2.05) is 0 Å². The van der Waals surface area contributed by atoms with Gasteiger partial charge >= 0.3 is 6.09 Å². The van der Waals surface area contributed by atoms with Crippen LogP contribution in [0.3, 0.4) is 0 Å². The van der Waals surface area contributed by atoms with Crippen LogP contribution >= 0.6 is 0 Å². The molecule has 1 amide bonds. The average molecular weight is 223 g/mol. The van der Waals surface area contributed by atoms with Crippen molar-refractivity contribution in [2.24, 2.45) is 0 Å². The number of carbonyl (C=O) groups is 2. The van der Waals surface area contributed by atoms with Crippen LogP contribution in [0.2, 0.25) is 0 Å². The van der Waals surface area contributed by atoms with Crippen molar-refractivity contribution in [1.29, 1.82) is 0 Å². The molecule has 5 nitrogen and oxygen atoms in total. The molecule has 0 unspecified atom stereocenters. The molecule has 1 aromatic rings. The Morgan fingerprint density at radius 2 is 1.88 bits per heavy atom. The topological polar surface area (TPSA) is 64.6 Å². The molecule has 1 aromatic carbocycles. The van der Waals surface area contributed by atoms with Gasteiger partial charge in [0.15, 0.2) is 12.4 Å². The number of hydrogen-bond donors (Lipinski definition) is 1. The molecule has 0 spiro atoms. The van der Waals surface area contributed by atoms with Crippen LogP contribution in [0, 0.1) is 0 Å². The van der Waals surface area contributed by atoms with Crippen LogP contribution in [0.5, 0.6) is 5.75 Å². The summed E-state index contributed by atoms with van der Waals surface area (Å²) in [6.45, 7) is -0.272. The number of alkyl carbamates (subject to hydrolysis) is 1. The van der Waals surface area contributed by atoms with E-state index in [2.05, 4.69) is 10.1 Å². The normalized spacial score (nSPS) is 9.38. The van der Waals surface area contributed by atoms with E-state index in [-0.39, 0.29) is 12.4 Å². The van der Waals surface area contributed by atoms with Crippen LogP contribution < -0.4 is 10.1 Å². The van der Waals surface area contributed by atoms with E-state index in [4.69, 9.17) is 4.74 Å². The summed E-state index contributed by atoms with van der Waals surface area (Å²) in [5, 5.41) is 2.26. The summed E-state index contributed by atoms with van der Waals surface area (Å²) in [6, 6.07) is 6.59. The van der Waals surface area contributed by atoms with Gasteiger partial charge in [-0.25, -0.2) is 4.79 Å². The Kier molecular flexibility index (Phi) is 4.32. The van der Waals surface area contributed by atoms with Gasteiger partial charge in [-0.15, -0.1) is 0 Å². The molecule has 0 saturated heterocycles. The molecule has 0 atom stereocenters. The fraction of sp³-hybridized carbons (Fsp3) is 0.273. The minimum absolute atomic E-state index is 0.258. The van der Waals surface area contributed by atoms with Gasteiger partial charge in [0, 0.05) is 12.6 Å². The summed E-state index contributed by atoms with van der Waals surface area (Å²) in [5.41, 5.74) is 0.477. The summed E-state index contributed by atoms with van der Waals surface area (Å²) in [5.74, 6) is 0.412. The fourth-order valence-corrected chi connectivity index (χ4v) is 1.06. The predicted octanol–water partition coefficient (Wildman–Crippen LogP) is 1.23. The molecule has 0 aliphatic rings. The van der Waals surface area contributed by atoms with E-state index in [0.717, 1.165) is 0 Å². The quantitative estimate of drug-likeness (QED) is 0.780. The van der Waals surface area contributed by atoms with E-state index >= 15 is 0 Å². The molecular weight excluding hydrogens is 210 g/mol. The smallest absolute Gasteiger partial charge is 0.407 e. The second-order valence-corrected chi connectivity index (χ2v) is 2.98. The lowest BCUT2D eigenvalue weighted by atomic mass is 10.1. The van der Waals surface area contributed by atoms with E-state index in [0.29, 0.717) is 11.3 Å². The lowest BCUT2D eigenvalue weighted by Crippen LogP contribution is -2.22. The highest BCUT2D eigenvalue weighted by atomic mass is 16.5. The predicted molar refractivity (Wildman–Crippen MR) is 57.7 cm³/mol. The molecule has 86 valence electrons. The van der Waals surface area contributed by atoms with Gasteiger partial charge in [0.05, 0.1) is 7.11 Å². The van der Waals surface area contributed by atoms with Crippen molar-refractivity contribution in [3.63, 3.8) is 0 Å². The second kappa shape index (κ2) is 5.75. The van der Waals surface area contributed by atoms with Gasteiger partial charge in [-0.2, -0.15) is 0 Å². The number of amides is 1. The van der Waals surface area contributed by atoms with Gasteiger partial charge in [0.25, 0.3) is 0 Å². The Bertz CT molecular complexity index is 372. The van der Waals surface area contributed by atoms with E-state index < -0.39 is 6.09 Å². The Hall–Kier alpha value is -2.04. The summed E-state index contributed by atoms with van der Waals surface area (Å²) in [6.07, 6.45) is -0.623. The molecule has 16 heavy (non-hydrogen) atoms. The van der Waals surface area contributed by atoms with Crippen molar-refractivity contribution >= 4 is 11.9 Å². The lowest BCUT2D eigenvalue weighted by Gasteiger charge is -2.04. The van der Waals surface area contributed by atoms with E-state index in [1.165, 1.54) is 7.05 Å². The van der Waals surface area contributed by atoms with Gasteiger partial charge in [0.2, 0.25) is 0 Å². The third kappa shape index (κ3) is 3.27. The molecule has 0 aliphatic heterocycles. The largest absolute Gasteiger partial charge is 0.497 e. The Morgan fingerprint density at radius 1 is 1.25 bits per heavy atom. The SMILES string of the molecule is CNC(=O)OCC(=O)c1ccc(OC)cc1. The van der Waals surface area contributed by atoms with Crippen molar-refractivity contribution in [3.05, 3.63) is 29.8 Å². The molecule has 0 aromatic heterocycles. The van der Waals surface area contributed by atoms with Crippen molar-refractivity contribution < 1.29 is 19.1 Å². The molecule has 0 bridgehead atoms. The number of carbonyl (C=O) groups excluding carboxylic acids is 2. The standard InChI is InChI=1S/C11H13NO4/c1-12-11(14)16-7-10(13)8-3-5-9(15-2)6-4-8/h3-6H,7H2,1-2H3,(H,12,14). The Labute approximate surface area is 93.4 Å². The molecular formula is C11H13NO4. The number of nitrogens with one attached hydrogen (secondary N) is 1. The molecule has 0 fully saturated rings. The second-order valence-electron chi connectivity index (χ2n) is 2.98. The van der Waals surface area contributed by atoms with E-state index in [1.54, 1.807) is 31.4 Å². The molecule has 1 N–H and O–H groups in total. The number of benzene rings is 1. The molecule has 0 aliphatic carbocycles. The van der Waals surface area contributed by atoms with Crippen molar-refractivity contribution in [3.8, 4) is 5.75 Å². The van der Waals surface area contributed by atoms with Crippen LogP contribution in [-0.2, 0) is 4.74 Å². The van der Waals surface area contributed by atoms with Crippen molar-refractivity contribution in [2.75, 3.05) is 20.8 Å². The number of rotatable bonds is 4. The molecule has 0 radical (unpaired) electrons. The van der Waals surface area contributed by atoms with Gasteiger partial charge in [-0.3, -0.25) is 4.79 Å². The maximum atomic E-state index is 11.5. The zero-order valence-electron chi connectivity index (χ0n) is 9.15. The molecule has 1 rings (SSSR count). The van der Waals surface area contributed by atoms with Gasteiger partial charge < -0.3 is 14.8 Å². The van der Waals surface area contributed by atoms with Gasteiger partial charge in [0.1, 0.15) is 5.75 Å². The molecule has 5 heteroatoms. The highest BCUT2D eigenvalue weighted by molar-refractivity contribution is 5.97. The first-order valence-electron chi connectivity index (χ1n) is 4.69. The maximum Gasteiger partial charge on any atom is 0.407 e. The first kappa shape index (κ1) is 12.0. The van der Waals surface area contributed by atoms with Gasteiger partial charge in [-0.1, -0.05) is 0 Å². The van der Waals surface area contributed by atoms with Crippen LogP contribution in [0.15, 0.2) is 24.3 Å². The van der Waals surface area contributed by atoms with Crippen molar-refractivity contribution in [1.82, 2.24) is 5.32 Å². The number of hydrogen-bond acceptors (Lipinski definition) is 4. The third-order valence-electron chi connectivity index (χ3n) is 1.95. The highest BCUT2D eigenvalue weighted by Gasteiger charge is 2.08. The Morgan fingerprint density at radius 3 is 2.38 bits per heavy atom. The maximum absolute atomic E-state index is 11.5. The average Bonchev–Trinajstić information content (AvgIpc) is 2.35. The van der Waals surface area contributed by atoms with Crippen LogP contribution in [0.4, 0.5) is 4.79 Å².